The van der Waals surface area contributed by atoms with Crippen molar-refractivity contribution >= 4 is 5.91 Å². The molecular weight excluding hydrogens is 323 g/mol. The van der Waals surface area contributed by atoms with E-state index in [0.29, 0.717) is 11.3 Å². The van der Waals surface area contributed by atoms with E-state index in [4.69, 9.17) is 5.11 Å². The molecule has 1 amide bonds. The highest BCUT2D eigenvalue weighted by atomic mass is 19.4. The van der Waals surface area contributed by atoms with Crippen molar-refractivity contribution < 1.29 is 23.1 Å². The molecule has 8 heteroatoms. The maximum absolute atomic E-state index is 12.7. The van der Waals surface area contributed by atoms with Crippen LogP contribution in [0, 0.1) is 0 Å². The molecule has 1 aromatic heterocycles. The van der Waals surface area contributed by atoms with Gasteiger partial charge in [-0.05, 0) is 37.1 Å². The van der Waals surface area contributed by atoms with Gasteiger partial charge in [0.1, 0.15) is 0 Å². The highest BCUT2D eigenvalue weighted by Crippen LogP contribution is 2.29. The first kappa shape index (κ1) is 16.5. The maximum atomic E-state index is 12.7. The largest absolute Gasteiger partial charge is 0.435 e. The minimum absolute atomic E-state index is 0.129. The molecule has 0 saturated heterocycles. The summed E-state index contributed by atoms with van der Waals surface area (Å²) in [5.41, 5.74) is -0.257. The maximum Gasteiger partial charge on any atom is 0.435 e. The van der Waals surface area contributed by atoms with Gasteiger partial charge >= 0.3 is 6.18 Å². The number of carbonyl (C=O) groups is 1. The lowest BCUT2D eigenvalue weighted by Gasteiger charge is -2.21. The van der Waals surface area contributed by atoms with E-state index in [1.54, 1.807) is 23.1 Å². The third-order valence-electron chi connectivity index (χ3n) is 3.83. The predicted octanol–water partition coefficient (Wildman–Crippen LogP) is 2.49. The summed E-state index contributed by atoms with van der Waals surface area (Å²) in [6.45, 7) is 0.115. The van der Waals surface area contributed by atoms with Crippen LogP contribution in [0.5, 0.6) is 0 Å². The lowest BCUT2D eigenvalue weighted by molar-refractivity contribution is -0.141. The van der Waals surface area contributed by atoms with E-state index in [2.05, 4.69) is 5.10 Å². The molecule has 1 heterocycles. The number of aliphatic hydroxyl groups excluding tert-OH is 1. The average Bonchev–Trinajstić information content (AvgIpc) is 3.25. The molecule has 5 nitrogen and oxygen atoms in total. The smallest absolute Gasteiger partial charge is 0.395 e. The molecule has 3 rings (SSSR count). The molecule has 1 aliphatic rings. The molecular formula is C16H16F3N3O2. The number of carbonyl (C=O) groups excluding carboxylic acids is 1. The number of alkyl halides is 3. The Hall–Kier alpha value is -2.35. The third-order valence-corrected chi connectivity index (χ3v) is 3.83. The molecule has 0 spiro atoms. The predicted molar refractivity (Wildman–Crippen MR) is 79.7 cm³/mol. The molecule has 1 aromatic carbocycles. The topological polar surface area (TPSA) is 58.4 Å². The molecule has 0 unspecified atom stereocenters. The van der Waals surface area contributed by atoms with Crippen molar-refractivity contribution in [2.45, 2.75) is 25.1 Å². The minimum atomic E-state index is -4.51. The average molecular weight is 339 g/mol. The van der Waals surface area contributed by atoms with Gasteiger partial charge in [-0.2, -0.15) is 18.3 Å². The summed E-state index contributed by atoms with van der Waals surface area (Å²) < 4.78 is 39.0. The first-order chi connectivity index (χ1) is 11.4. The third kappa shape index (κ3) is 3.43. The molecule has 128 valence electrons. The summed E-state index contributed by atoms with van der Waals surface area (Å²) in [7, 11) is 0. The van der Waals surface area contributed by atoms with Gasteiger partial charge in [-0.25, -0.2) is 4.68 Å². The second kappa shape index (κ2) is 6.27. The molecule has 0 aliphatic heterocycles. The number of aromatic nitrogens is 2. The number of hydrogen-bond donors (Lipinski definition) is 1. The van der Waals surface area contributed by atoms with Crippen molar-refractivity contribution in [2.75, 3.05) is 13.2 Å². The van der Waals surface area contributed by atoms with Crippen LogP contribution in [-0.2, 0) is 6.18 Å². The van der Waals surface area contributed by atoms with E-state index in [-0.39, 0.29) is 25.1 Å². The van der Waals surface area contributed by atoms with Gasteiger partial charge in [0.05, 0.1) is 12.3 Å². The van der Waals surface area contributed by atoms with Crippen molar-refractivity contribution in [2.24, 2.45) is 0 Å². The molecule has 0 atom stereocenters. The number of amides is 1. The van der Waals surface area contributed by atoms with Crippen LogP contribution < -0.4 is 0 Å². The van der Waals surface area contributed by atoms with Gasteiger partial charge in [-0.1, -0.05) is 6.07 Å². The van der Waals surface area contributed by atoms with Gasteiger partial charge in [0, 0.05) is 24.3 Å². The second-order valence-electron chi connectivity index (χ2n) is 5.65. The molecule has 24 heavy (non-hydrogen) atoms. The van der Waals surface area contributed by atoms with E-state index in [9.17, 15) is 18.0 Å². The lowest BCUT2D eigenvalue weighted by Crippen LogP contribution is -2.35. The monoisotopic (exact) mass is 339 g/mol. The van der Waals surface area contributed by atoms with Gasteiger partial charge in [-0.3, -0.25) is 4.79 Å². The summed E-state index contributed by atoms with van der Waals surface area (Å²) in [6.07, 6.45) is -1.50. The number of nitrogens with zero attached hydrogens (tertiary/aromatic N) is 3. The van der Waals surface area contributed by atoms with Crippen LogP contribution in [0.3, 0.4) is 0 Å². The molecule has 1 N–H and O–H groups in total. The van der Waals surface area contributed by atoms with Crippen molar-refractivity contribution in [1.82, 2.24) is 14.7 Å². The van der Waals surface area contributed by atoms with Crippen LogP contribution in [0.25, 0.3) is 5.69 Å². The van der Waals surface area contributed by atoms with Crippen LogP contribution in [0.4, 0.5) is 13.2 Å². The first-order valence-corrected chi connectivity index (χ1v) is 7.55. The zero-order valence-electron chi connectivity index (χ0n) is 12.7. The fourth-order valence-corrected chi connectivity index (χ4v) is 2.51. The lowest BCUT2D eigenvalue weighted by atomic mass is 10.1. The number of rotatable bonds is 5. The minimum Gasteiger partial charge on any atom is -0.395 e. The van der Waals surface area contributed by atoms with Crippen LogP contribution >= 0.6 is 0 Å². The Morgan fingerprint density at radius 3 is 2.67 bits per heavy atom. The number of aliphatic hydroxyl groups is 1. The Labute approximate surface area is 136 Å². The van der Waals surface area contributed by atoms with Crippen LogP contribution in [0.2, 0.25) is 0 Å². The van der Waals surface area contributed by atoms with Crippen molar-refractivity contribution in [3.05, 3.63) is 47.8 Å². The van der Waals surface area contributed by atoms with Gasteiger partial charge in [0.15, 0.2) is 5.69 Å². The SMILES string of the molecule is O=C(c1cccc(-n2ccc(C(F)(F)F)n2)c1)N(CCO)C1CC1. The van der Waals surface area contributed by atoms with Gasteiger partial charge < -0.3 is 10.0 Å². The van der Waals surface area contributed by atoms with Gasteiger partial charge in [-0.15, -0.1) is 0 Å². The molecule has 1 fully saturated rings. The van der Waals surface area contributed by atoms with Crippen LogP contribution in [-0.4, -0.2) is 44.9 Å². The molecule has 2 aromatic rings. The van der Waals surface area contributed by atoms with Gasteiger partial charge in [0.25, 0.3) is 5.91 Å². The highest BCUT2D eigenvalue weighted by molar-refractivity contribution is 5.95. The summed E-state index contributed by atoms with van der Waals surface area (Å²) in [4.78, 5) is 14.2. The highest BCUT2D eigenvalue weighted by Gasteiger charge is 2.34. The van der Waals surface area contributed by atoms with Crippen molar-refractivity contribution in [3.8, 4) is 5.69 Å². The van der Waals surface area contributed by atoms with E-state index in [1.165, 1.54) is 12.3 Å². The first-order valence-electron chi connectivity index (χ1n) is 7.55. The molecule has 0 bridgehead atoms. The Kier molecular flexibility index (Phi) is 4.31. The van der Waals surface area contributed by atoms with Gasteiger partial charge in [0.2, 0.25) is 0 Å². The van der Waals surface area contributed by atoms with E-state index in [1.807, 2.05) is 0 Å². The summed E-state index contributed by atoms with van der Waals surface area (Å²) in [5.74, 6) is -0.239. The molecule has 0 radical (unpaired) electrons. The quantitative estimate of drug-likeness (QED) is 0.910. The number of benzene rings is 1. The Morgan fingerprint density at radius 1 is 1.33 bits per heavy atom. The Balaban J connectivity index is 1.86. The summed E-state index contributed by atoms with van der Waals surface area (Å²) in [5, 5.41) is 12.6. The van der Waals surface area contributed by atoms with Crippen LogP contribution in [0.15, 0.2) is 36.5 Å². The van der Waals surface area contributed by atoms with Crippen LogP contribution in [0.1, 0.15) is 28.9 Å². The number of hydrogen-bond acceptors (Lipinski definition) is 3. The van der Waals surface area contributed by atoms with Crippen molar-refractivity contribution in [3.63, 3.8) is 0 Å². The molecule has 1 aliphatic carbocycles. The number of halogens is 3. The standard InChI is InChI=1S/C16H16F3N3O2/c17-16(18,19)14-6-7-22(20-14)13-3-1-2-11(10-13)15(24)21(8-9-23)12-4-5-12/h1-3,6-7,10,12,23H,4-5,8-9H2. The Morgan fingerprint density at radius 2 is 2.08 bits per heavy atom. The normalized spacial score (nSPS) is 14.7. The summed E-state index contributed by atoms with van der Waals surface area (Å²) in [6, 6.07) is 7.31. The van der Waals surface area contributed by atoms with Crippen molar-refractivity contribution in [1.29, 1.82) is 0 Å². The molecule has 1 saturated carbocycles. The van der Waals surface area contributed by atoms with E-state index in [0.717, 1.165) is 23.6 Å². The summed E-state index contributed by atoms with van der Waals surface area (Å²) >= 11 is 0. The van der Waals surface area contributed by atoms with E-state index < -0.39 is 11.9 Å². The zero-order valence-corrected chi connectivity index (χ0v) is 12.7. The Bertz CT molecular complexity index is 738. The zero-order chi connectivity index (χ0) is 17.3. The fourth-order valence-electron chi connectivity index (χ4n) is 2.51. The fraction of sp³-hybridized carbons (Fsp3) is 0.375. The van der Waals surface area contributed by atoms with E-state index >= 15 is 0 Å². The second-order valence-corrected chi connectivity index (χ2v) is 5.65.